The first kappa shape index (κ1) is 46.2. The van der Waals surface area contributed by atoms with Crippen LogP contribution in [0.2, 0.25) is 0 Å². The van der Waals surface area contributed by atoms with E-state index >= 15 is 14.4 Å². The summed E-state index contributed by atoms with van der Waals surface area (Å²) in [4.78, 5) is 64.0. The van der Waals surface area contributed by atoms with Crippen molar-refractivity contribution in [2.45, 2.75) is 177 Å². The van der Waals surface area contributed by atoms with E-state index < -0.39 is 29.4 Å². The molecule has 64 heavy (non-hydrogen) atoms. The SMILES string of the molecule is COC1CC2CCN(C(=O)[C@H]3[C@@H]4C(=O)O[C@@H](C5CCCCC5)[C@@H](C5CCCCC5)N4[C@@H](C4CCCCC4OCCO)[C@]34C(=O)NC3CCC(C#CCNC(N)=O)CC34)CC2CC1OC. The minimum Gasteiger partial charge on any atom is -0.459 e. The Morgan fingerprint density at radius 2 is 1.53 bits per heavy atom. The van der Waals surface area contributed by atoms with Crippen molar-refractivity contribution in [3.05, 3.63) is 0 Å². The number of hydrogen-bond acceptors (Lipinski definition) is 10. The van der Waals surface area contributed by atoms with Gasteiger partial charge in [-0.25, -0.2) is 4.79 Å². The Hall–Kier alpha value is -2.96. The number of fused-ring (bicyclic) bond motifs is 4. The summed E-state index contributed by atoms with van der Waals surface area (Å²) >= 11 is 0. The number of nitrogens with zero attached hydrogens (tertiary/aromatic N) is 2. The molecule has 5 saturated carbocycles. The second-order valence-electron chi connectivity index (χ2n) is 21.4. The maximum atomic E-state index is 16.3. The van der Waals surface area contributed by atoms with Crippen LogP contribution in [0.4, 0.5) is 4.79 Å². The number of aliphatic hydroxyl groups is 1. The number of nitrogens with two attached hydrogens (primary N) is 1. The molecule has 9 aliphatic rings. The molecule has 4 heterocycles. The van der Waals surface area contributed by atoms with E-state index in [1.165, 1.54) is 12.8 Å². The molecular formula is C50H77N5O9. The number of methoxy groups -OCH3 is 2. The molecule has 0 aromatic carbocycles. The number of piperidine rings is 1. The predicted octanol–water partition coefficient (Wildman–Crippen LogP) is 4.54. The molecule has 9 fully saturated rings. The van der Waals surface area contributed by atoms with E-state index in [2.05, 4.69) is 27.4 Å². The molecule has 0 aromatic rings. The lowest BCUT2D eigenvalue weighted by molar-refractivity contribution is -0.193. The van der Waals surface area contributed by atoms with Crippen molar-refractivity contribution in [1.29, 1.82) is 0 Å². The number of carbonyl (C=O) groups is 4. The van der Waals surface area contributed by atoms with Crippen molar-refractivity contribution in [3.63, 3.8) is 0 Å². The van der Waals surface area contributed by atoms with Crippen LogP contribution < -0.4 is 16.4 Å². The average molecular weight is 892 g/mol. The third kappa shape index (κ3) is 8.49. The molecule has 356 valence electrons. The predicted molar refractivity (Wildman–Crippen MR) is 238 cm³/mol. The van der Waals surface area contributed by atoms with Gasteiger partial charge in [0, 0.05) is 51.2 Å². The summed E-state index contributed by atoms with van der Waals surface area (Å²) in [7, 11) is 3.50. The molecule has 0 aromatic heterocycles. The number of cyclic esters (lactones) is 1. The van der Waals surface area contributed by atoms with Gasteiger partial charge in [0.2, 0.25) is 11.8 Å². The Morgan fingerprint density at radius 3 is 2.23 bits per heavy atom. The van der Waals surface area contributed by atoms with Crippen LogP contribution in [0.1, 0.15) is 128 Å². The largest absolute Gasteiger partial charge is 0.459 e. The van der Waals surface area contributed by atoms with Gasteiger partial charge in [0.15, 0.2) is 0 Å². The number of ether oxygens (including phenoxy) is 4. The van der Waals surface area contributed by atoms with Crippen LogP contribution in [-0.2, 0) is 33.3 Å². The van der Waals surface area contributed by atoms with Gasteiger partial charge in [-0.15, -0.1) is 0 Å². The number of primary amides is 1. The zero-order chi connectivity index (χ0) is 44.5. The van der Waals surface area contributed by atoms with Gasteiger partial charge in [-0.1, -0.05) is 63.2 Å². The second-order valence-corrected chi connectivity index (χ2v) is 21.4. The lowest BCUT2D eigenvalue weighted by Crippen LogP contribution is -2.67. The number of esters is 1. The lowest BCUT2D eigenvalue weighted by atomic mass is 9.55. The molecule has 14 nitrogen and oxygen atoms in total. The molecule has 15 atom stereocenters. The van der Waals surface area contributed by atoms with Gasteiger partial charge in [0.25, 0.3) is 0 Å². The van der Waals surface area contributed by atoms with Crippen LogP contribution in [0.25, 0.3) is 0 Å². The van der Waals surface area contributed by atoms with Crippen LogP contribution >= 0.6 is 0 Å². The van der Waals surface area contributed by atoms with Crippen molar-refractivity contribution >= 4 is 23.8 Å². The minimum absolute atomic E-state index is 0.0105. The molecule has 9 unspecified atom stereocenters. The number of hydrogen-bond donors (Lipinski definition) is 4. The van der Waals surface area contributed by atoms with Gasteiger partial charge in [-0.2, -0.15) is 0 Å². The highest BCUT2D eigenvalue weighted by Gasteiger charge is 2.78. The number of likely N-dealkylation sites (tertiary alicyclic amines) is 1. The van der Waals surface area contributed by atoms with E-state index in [1.807, 2.05) is 4.90 Å². The van der Waals surface area contributed by atoms with Crippen molar-refractivity contribution in [2.24, 2.45) is 58.5 Å². The van der Waals surface area contributed by atoms with Crippen molar-refractivity contribution in [2.75, 3.05) is 47.1 Å². The number of urea groups is 1. The molecule has 0 radical (unpaired) electrons. The maximum absolute atomic E-state index is 16.3. The van der Waals surface area contributed by atoms with Gasteiger partial charge in [0.05, 0.1) is 55.4 Å². The zero-order valence-electron chi connectivity index (χ0n) is 38.6. The fourth-order valence-electron chi connectivity index (χ4n) is 15.7. The van der Waals surface area contributed by atoms with Gasteiger partial charge in [0.1, 0.15) is 12.1 Å². The van der Waals surface area contributed by atoms with Gasteiger partial charge >= 0.3 is 12.0 Å². The summed E-state index contributed by atoms with van der Waals surface area (Å²) in [5.74, 6) is 5.73. The lowest BCUT2D eigenvalue weighted by Gasteiger charge is -2.54. The molecule has 4 aliphatic heterocycles. The Bertz CT molecular complexity index is 1740. The number of rotatable bonds is 10. The smallest absolute Gasteiger partial charge is 0.324 e. The quantitative estimate of drug-likeness (QED) is 0.180. The standard InChI is InChI=1S/C50H77N5O9/c1-61-39-27-33-21-23-54(29-34(33)28-40(39)62-2)46(57)41-43-47(58)64-44(32-15-7-4-8-16-32)42(31-13-5-3-6-14-31)55(43)45(35-17-9-10-18-38(35)63-25-24-56)50(41)36-26-30(12-11-22-52-49(51)60)19-20-37(36)53-48(50)59/h30-45,56H,3-10,13-29H2,1-2H3,(H,53,59)(H3,51,52,60)/t30?,33?,34?,35?,36?,37?,38?,39?,40?,41-,42-,43-,44+,45+,50-/m1/s1. The highest BCUT2D eigenvalue weighted by molar-refractivity contribution is 5.99. The van der Waals surface area contributed by atoms with Crippen molar-refractivity contribution < 1.29 is 43.2 Å². The molecule has 5 N–H and O–H groups in total. The number of nitrogens with one attached hydrogen (secondary N) is 2. The highest BCUT2D eigenvalue weighted by Crippen LogP contribution is 2.64. The van der Waals surface area contributed by atoms with Gasteiger partial charge in [-0.3, -0.25) is 19.3 Å². The van der Waals surface area contributed by atoms with E-state index in [0.717, 1.165) is 103 Å². The summed E-state index contributed by atoms with van der Waals surface area (Å²) in [6.07, 6.45) is 18.5. The fourth-order valence-corrected chi connectivity index (χ4v) is 15.7. The molecule has 1 spiro atoms. The third-order valence-electron chi connectivity index (χ3n) is 18.4. The minimum atomic E-state index is -1.26. The molecule has 4 amide bonds. The second kappa shape index (κ2) is 20.1. The average Bonchev–Trinajstić information content (AvgIpc) is 3.80. The first-order valence-electron chi connectivity index (χ1n) is 25.6. The molecule has 14 heteroatoms. The number of aliphatic hydroxyl groups excluding tert-OH is 1. The first-order chi connectivity index (χ1) is 31.2. The van der Waals surface area contributed by atoms with Gasteiger partial charge < -0.3 is 45.3 Å². The molecule has 5 aliphatic carbocycles. The van der Waals surface area contributed by atoms with Crippen molar-refractivity contribution in [1.82, 2.24) is 20.4 Å². The monoisotopic (exact) mass is 892 g/mol. The number of amides is 4. The van der Waals surface area contributed by atoms with E-state index in [0.29, 0.717) is 31.8 Å². The van der Waals surface area contributed by atoms with E-state index in [9.17, 15) is 9.90 Å². The Morgan fingerprint density at radius 1 is 0.844 bits per heavy atom. The van der Waals surface area contributed by atoms with Crippen molar-refractivity contribution in [3.8, 4) is 11.8 Å². The Labute approximate surface area is 380 Å². The van der Waals surface area contributed by atoms with E-state index in [1.54, 1.807) is 14.2 Å². The topological polar surface area (TPSA) is 182 Å². The Kier molecular flexibility index (Phi) is 14.5. The summed E-state index contributed by atoms with van der Waals surface area (Å²) in [6, 6.07) is -2.28. The number of morpholine rings is 1. The number of carbonyl (C=O) groups excluding carboxylic acids is 4. The Balaban J connectivity index is 1.20. The molecular weight excluding hydrogens is 815 g/mol. The summed E-state index contributed by atoms with van der Waals surface area (Å²) in [5, 5.41) is 16.3. The summed E-state index contributed by atoms with van der Waals surface area (Å²) in [6.45, 7) is 1.35. The van der Waals surface area contributed by atoms with Crippen LogP contribution in [0, 0.1) is 64.6 Å². The van der Waals surface area contributed by atoms with Crippen LogP contribution in [0.5, 0.6) is 0 Å². The normalized spacial score (nSPS) is 41.8. The van der Waals surface area contributed by atoms with E-state index in [4.69, 9.17) is 24.7 Å². The molecule has 9 rings (SSSR count). The zero-order valence-corrected chi connectivity index (χ0v) is 38.6. The molecule has 0 bridgehead atoms. The van der Waals surface area contributed by atoms with Gasteiger partial charge in [-0.05, 0) is 107 Å². The highest BCUT2D eigenvalue weighted by atomic mass is 16.6. The van der Waals surface area contributed by atoms with Crippen LogP contribution in [0.3, 0.4) is 0 Å². The van der Waals surface area contributed by atoms with E-state index in [-0.39, 0.29) is 110 Å². The van der Waals surface area contributed by atoms with Crippen LogP contribution in [-0.4, -0.2) is 134 Å². The maximum Gasteiger partial charge on any atom is 0.324 e. The van der Waals surface area contributed by atoms with Crippen LogP contribution in [0.15, 0.2) is 0 Å². The third-order valence-corrected chi connectivity index (χ3v) is 18.4. The summed E-state index contributed by atoms with van der Waals surface area (Å²) in [5.41, 5.74) is 4.13. The summed E-state index contributed by atoms with van der Waals surface area (Å²) < 4.78 is 25.5. The fraction of sp³-hybridized carbons (Fsp3) is 0.880. The molecule has 4 saturated heterocycles. The first-order valence-corrected chi connectivity index (χ1v) is 25.6.